The predicted molar refractivity (Wildman–Crippen MR) is 62.2 cm³/mol. The minimum atomic E-state index is 1.08. The van der Waals surface area contributed by atoms with Gasteiger partial charge in [0.25, 0.3) is 0 Å². The average molecular weight is 197 g/mol. The lowest BCUT2D eigenvalue weighted by Gasteiger charge is -1.97. The molecule has 0 aliphatic heterocycles. The number of hydrogen-bond acceptors (Lipinski definition) is 2. The van der Waals surface area contributed by atoms with Crippen LogP contribution in [0, 0.1) is 0 Å². The molecular weight excluding hydrogens is 178 g/mol. The summed E-state index contributed by atoms with van der Waals surface area (Å²) >= 11 is 1.73. The molecule has 0 saturated heterocycles. The minimum absolute atomic E-state index is 1.08. The van der Waals surface area contributed by atoms with Gasteiger partial charge in [0, 0.05) is 4.88 Å². The maximum Gasteiger partial charge on any atom is 0.0801 e. The molecule has 74 valence electrons. The summed E-state index contributed by atoms with van der Waals surface area (Å²) in [6, 6.07) is 0. The molecule has 0 bridgehead atoms. The number of thiazole rings is 1. The molecular formula is C11H19NS. The summed E-state index contributed by atoms with van der Waals surface area (Å²) in [4.78, 5) is 5.63. The average Bonchev–Trinajstić information content (AvgIpc) is 2.57. The zero-order chi connectivity index (χ0) is 10.3. The molecule has 0 radical (unpaired) electrons. The van der Waals surface area contributed by atoms with Crippen LogP contribution < -0.4 is 0 Å². The van der Waals surface area contributed by atoms with E-state index >= 15 is 0 Å². The van der Waals surface area contributed by atoms with E-state index in [-0.39, 0.29) is 0 Å². The number of nitrogens with zero attached hydrogens (tertiary/aromatic N) is 1. The Morgan fingerprint density at radius 2 is 2.15 bits per heavy atom. The van der Waals surface area contributed by atoms with Crippen molar-refractivity contribution in [3.05, 3.63) is 22.7 Å². The standard InChI is InChI=1S/C9H13NS.C2H6/c1-4-5-8-9(7(2)3)10-6-11-8;1-2/h6H,2,4-5H2,1,3H3;1-2H3. The highest BCUT2D eigenvalue weighted by molar-refractivity contribution is 7.09. The lowest BCUT2D eigenvalue weighted by Crippen LogP contribution is -1.85. The molecule has 13 heavy (non-hydrogen) atoms. The Morgan fingerprint density at radius 1 is 1.54 bits per heavy atom. The van der Waals surface area contributed by atoms with Crippen LogP contribution in [0.4, 0.5) is 0 Å². The van der Waals surface area contributed by atoms with Gasteiger partial charge in [0.1, 0.15) is 0 Å². The first-order valence-corrected chi connectivity index (χ1v) is 5.72. The summed E-state index contributed by atoms with van der Waals surface area (Å²) in [6.07, 6.45) is 2.31. The zero-order valence-corrected chi connectivity index (χ0v) is 9.87. The predicted octanol–water partition coefficient (Wildman–Crippen LogP) is 4.15. The monoisotopic (exact) mass is 197 g/mol. The number of aromatic nitrogens is 1. The normalized spacial score (nSPS) is 8.92. The maximum atomic E-state index is 4.25. The summed E-state index contributed by atoms with van der Waals surface area (Å²) in [5.41, 5.74) is 4.08. The summed E-state index contributed by atoms with van der Waals surface area (Å²) in [5, 5.41) is 0. The molecule has 0 saturated carbocycles. The zero-order valence-electron chi connectivity index (χ0n) is 9.05. The van der Waals surface area contributed by atoms with Gasteiger partial charge in [-0.3, -0.25) is 0 Å². The molecule has 1 aromatic rings. The largest absolute Gasteiger partial charge is 0.245 e. The topological polar surface area (TPSA) is 12.9 Å². The Kier molecular flexibility index (Phi) is 6.51. The Labute approximate surface area is 85.5 Å². The molecule has 1 aromatic heterocycles. The molecule has 0 amide bonds. The lowest BCUT2D eigenvalue weighted by atomic mass is 10.2. The van der Waals surface area contributed by atoms with Crippen LogP contribution in [0.15, 0.2) is 12.1 Å². The van der Waals surface area contributed by atoms with E-state index < -0.39 is 0 Å². The van der Waals surface area contributed by atoms with Gasteiger partial charge in [-0.2, -0.15) is 0 Å². The van der Waals surface area contributed by atoms with Crippen molar-refractivity contribution in [1.82, 2.24) is 4.98 Å². The van der Waals surface area contributed by atoms with Crippen molar-refractivity contribution in [3.63, 3.8) is 0 Å². The van der Waals surface area contributed by atoms with Crippen LogP contribution in [0.3, 0.4) is 0 Å². The van der Waals surface area contributed by atoms with E-state index in [2.05, 4.69) is 18.5 Å². The van der Waals surface area contributed by atoms with Crippen molar-refractivity contribution in [1.29, 1.82) is 0 Å². The number of allylic oxidation sites excluding steroid dienone is 1. The van der Waals surface area contributed by atoms with E-state index in [9.17, 15) is 0 Å². The number of hydrogen-bond donors (Lipinski definition) is 0. The van der Waals surface area contributed by atoms with Gasteiger partial charge in [-0.1, -0.05) is 33.8 Å². The molecule has 0 aliphatic carbocycles. The molecule has 0 aliphatic rings. The van der Waals surface area contributed by atoms with Crippen molar-refractivity contribution in [2.45, 2.75) is 40.5 Å². The fourth-order valence-corrected chi connectivity index (χ4v) is 1.97. The fraction of sp³-hybridized carbons (Fsp3) is 0.545. The minimum Gasteiger partial charge on any atom is -0.245 e. The highest BCUT2D eigenvalue weighted by Crippen LogP contribution is 2.20. The first-order valence-electron chi connectivity index (χ1n) is 4.84. The highest BCUT2D eigenvalue weighted by Gasteiger charge is 2.04. The van der Waals surface area contributed by atoms with Gasteiger partial charge < -0.3 is 0 Å². The van der Waals surface area contributed by atoms with Crippen LogP contribution in [0.1, 0.15) is 44.7 Å². The van der Waals surface area contributed by atoms with E-state index in [1.54, 1.807) is 11.3 Å². The van der Waals surface area contributed by atoms with Gasteiger partial charge in [0.2, 0.25) is 0 Å². The lowest BCUT2D eigenvalue weighted by molar-refractivity contribution is 0.932. The van der Waals surface area contributed by atoms with Gasteiger partial charge in [-0.25, -0.2) is 4.98 Å². The second-order valence-corrected chi connectivity index (χ2v) is 3.59. The molecule has 0 spiro atoms. The van der Waals surface area contributed by atoms with Gasteiger partial charge in [0.15, 0.2) is 0 Å². The van der Waals surface area contributed by atoms with Gasteiger partial charge in [-0.05, 0) is 18.9 Å². The fourth-order valence-electron chi connectivity index (χ4n) is 1.02. The van der Waals surface area contributed by atoms with Gasteiger partial charge >= 0.3 is 0 Å². The summed E-state index contributed by atoms with van der Waals surface area (Å²) in [6.45, 7) is 12.1. The van der Waals surface area contributed by atoms with Crippen LogP contribution in [-0.4, -0.2) is 4.98 Å². The third-order valence-corrected chi connectivity index (χ3v) is 2.42. The van der Waals surface area contributed by atoms with Crippen molar-refractivity contribution in [2.75, 3.05) is 0 Å². The van der Waals surface area contributed by atoms with E-state index in [0.717, 1.165) is 17.7 Å². The highest BCUT2D eigenvalue weighted by atomic mass is 32.1. The van der Waals surface area contributed by atoms with Crippen molar-refractivity contribution in [2.24, 2.45) is 0 Å². The number of rotatable bonds is 3. The van der Waals surface area contributed by atoms with Crippen molar-refractivity contribution < 1.29 is 0 Å². The molecule has 0 atom stereocenters. The Bertz CT molecular complexity index is 250. The Balaban J connectivity index is 0.000000671. The third-order valence-electron chi connectivity index (χ3n) is 1.52. The summed E-state index contributed by atoms with van der Waals surface area (Å²) < 4.78 is 0. The van der Waals surface area contributed by atoms with Crippen LogP contribution >= 0.6 is 11.3 Å². The van der Waals surface area contributed by atoms with Crippen LogP contribution in [0.5, 0.6) is 0 Å². The summed E-state index contributed by atoms with van der Waals surface area (Å²) in [7, 11) is 0. The third kappa shape index (κ3) is 3.73. The molecule has 0 fully saturated rings. The van der Waals surface area contributed by atoms with Crippen molar-refractivity contribution >= 4 is 16.9 Å². The molecule has 1 rings (SSSR count). The molecule has 2 heteroatoms. The van der Waals surface area contributed by atoms with E-state index in [1.165, 1.54) is 11.3 Å². The molecule has 1 nitrogen and oxygen atoms in total. The van der Waals surface area contributed by atoms with Crippen molar-refractivity contribution in [3.8, 4) is 0 Å². The van der Waals surface area contributed by atoms with E-state index in [4.69, 9.17) is 0 Å². The number of aryl methyl sites for hydroxylation is 1. The molecule has 0 aromatic carbocycles. The van der Waals surface area contributed by atoms with E-state index in [0.29, 0.717) is 0 Å². The quantitative estimate of drug-likeness (QED) is 0.709. The van der Waals surface area contributed by atoms with Gasteiger partial charge in [0.05, 0.1) is 11.2 Å². The molecule has 0 unspecified atom stereocenters. The van der Waals surface area contributed by atoms with Crippen LogP contribution in [0.2, 0.25) is 0 Å². The molecule has 0 N–H and O–H groups in total. The van der Waals surface area contributed by atoms with Gasteiger partial charge in [-0.15, -0.1) is 11.3 Å². The van der Waals surface area contributed by atoms with E-state index in [1.807, 2.05) is 26.3 Å². The SMILES string of the molecule is C=C(C)c1ncsc1CCC.CC. The second-order valence-electron chi connectivity index (χ2n) is 2.65. The smallest absolute Gasteiger partial charge is 0.0801 e. The first-order chi connectivity index (χ1) is 6.25. The van der Waals surface area contributed by atoms with Crippen LogP contribution in [-0.2, 0) is 6.42 Å². The second kappa shape index (κ2) is 6.84. The molecule has 1 heterocycles. The van der Waals surface area contributed by atoms with Crippen LogP contribution in [0.25, 0.3) is 5.57 Å². The maximum absolute atomic E-state index is 4.25. The Hall–Kier alpha value is -0.630. The summed E-state index contributed by atoms with van der Waals surface area (Å²) in [5.74, 6) is 0. The Morgan fingerprint density at radius 3 is 2.62 bits per heavy atom. The first kappa shape index (κ1) is 12.4.